The zero-order valence-corrected chi connectivity index (χ0v) is 9.90. The first kappa shape index (κ1) is 16.3. The van der Waals surface area contributed by atoms with Crippen LogP contribution in [0.4, 0.5) is 26.3 Å². The van der Waals surface area contributed by atoms with Crippen molar-refractivity contribution in [2.75, 3.05) is 0 Å². The molecule has 0 aliphatic carbocycles. The highest BCUT2D eigenvalue weighted by Gasteiger charge is 2.39. The smallest absolute Gasteiger partial charge is 0.478 e. The second-order valence-electron chi connectivity index (χ2n) is 3.32. The number of nitrogens with zero attached hydrogens (tertiary/aromatic N) is 1. The highest BCUT2D eigenvalue weighted by atomic mass is 35.5. The van der Waals surface area contributed by atoms with Crippen LogP contribution in [0.5, 0.6) is 5.75 Å². The maximum atomic E-state index is 12.5. The van der Waals surface area contributed by atoms with Crippen LogP contribution in [0.25, 0.3) is 0 Å². The predicted molar refractivity (Wildman–Crippen MR) is 52.4 cm³/mol. The Morgan fingerprint density at radius 3 is 2.20 bits per heavy atom. The minimum absolute atomic E-state index is 0.0561. The van der Waals surface area contributed by atoms with Crippen molar-refractivity contribution in [3.63, 3.8) is 0 Å². The van der Waals surface area contributed by atoms with Gasteiger partial charge in [-0.2, -0.15) is 13.2 Å². The molecule has 0 radical (unpaired) electrons. The number of hydrogen-bond acceptors (Lipinski definition) is 3. The van der Waals surface area contributed by atoms with Crippen LogP contribution in [0.15, 0.2) is 6.07 Å². The monoisotopic (exact) mass is 323 g/mol. The Hall–Kier alpha value is -1.71. The van der Waals surface area contributed by atoms with Crippen molar-refractivity contribution < 1.29 is 41.0 Å². The molecule has 0 fully saturated rings. The first-order chi connectivity index (χ1) is 8.95. The molecule has 1 aromatic rings. The number of pyridine rings is 1. The molecule has 0 spiro atoms. The largest absolute Gasteiger partial charge is 0.573 e. The lowest BCUT2D eigenvalue weighted by Gasteiger charge is -2.16. The Balaban J connectivity index is 3.53. The van der Waals surface area contributed by atoms with E-state index in [9.17, 15) is 31.1 Å². The van der Waals surface area contributed by atoms with E-state index in [1.807, 2.05) is 0 Å². The van der Waals surface area contributed by atoms with E-state index in [1.165, 1.54) is 0 Å². The number of ether oxygens (including phenoxy) is 1. The maximum Gasteiger partial charge on any atom is 0.573 e. The summed E-state index contributed by atoms with van der Waals surface area (Å²) >= 11 is 5.19. The average Bonchev–Trinajstić information content (AvgIpc) is 2.25. The number of halogens is 7. The van der Waals surface area contributed by atoms with E-state index in [4.69, 9.17) is 16.7 Å². The van der Waals surface area contributed by atoms with Gasteiger partial charge in [0.05, 0.1) is 11.6 Å². The third kappa shape index (κ3) is 3.89. The molecule has 0 atom stereocenters. The van der Waals surface area contributed by atoms with E-state index < -0.39 is 47.1 Å². The molecule has 20 heavy (non-hydrogen) atoms. The van der Waals surface area contributed by atoms with E-state index in [0.717, 1.165) is 0 Å². The van der Waals surface area contributed by atoms with Crippen molar-refractivity contribution in [2.24, 2.45) is 0 Å². The van der Waals surface area contributed by atoms with Gasteiger partial charge in [-0.1, -0.05) is 0 Å². The van der Waals surface area contributed by atoms with Crippen LogP contribution in [-0.2, 0) is 12.1 Å². The molecule has 0 amide bonds. The predicted octanol–water partition coefficient (Wildman–Crippen LogP) is 3.44. The van der Waals surface area contributed by atoms with Crippen molar-refractivity contribution in [1.82, 2.24) is 4.98 Å². The molecular formula is C9H4ClF6NO3. The summed E-state index contributed by atoms with van der Waals surface area (Å²) in [4.78, 5) is 13.6. The minimum Gasteiger partial charge on any atom is -0.478 e. The zero-order chi connectivity index (χ0) is 15.7. The molecular weight excluding hydrogens is 320 g/mol. The molecule has 1 N–H and O–H groups in total. The molecule has 1 rings (SSSR count). The van der Waals surface area contributed by atoms with Crippen LogP contribution >= 0.6 is 11.6 Å². The molecule has 1 heterocycles. The van der Waals surface area contributed by atoms with Crippen LogP contribution in [0.1, 0.15) is 21.7 Å². The second kappa shape index (κ2) is 5.35. The Bertz CT molecular complexity index is 528. The fraction of sp³-hybridized carbons (Fsp3) is 0.333. The molecule has 0 aliphatic heterocycles. The van der Waals surface area contributed by atoms with Gasteiger partial charge < -0.3 is 9.84 Å². The van der Waals surface area contributed by atoms with E-state index in [1.54, 1.807) is 0 Å². The molecule has 0 aromatic carbocycles. The summed E-state index contributed by atoms with van der Waals surface area (Å²) in [5.41, 5.74) is -3.99. The number of carboxylic acids is 1. The Kier molecular flexibility index (Phi) is 4.37. The third-order valence-electron chi connectivity index (χ3n) is 1.91. The summed E-state index contributed by atoms with van der Waals surface area (Å²) in [7, 11) is 0. The maximum absolute atomic E-state index is 12.5. The third-order valence-corrected chi connectivity index (χ3v) is 2.16. The van der Waals surface area contributed by atoms with Gasteiger partial charge in [-0.25, -0.2) is 9.78 Å². The van der Waals surface area contributed by atoms with Gasteiger partial charge in [0, 0.05) is 0 Å². The van der Waals surface area contributed by atoms with Crippen molar-refractivity contribution in [3.8, 4) is 5.75 Å². The van der Waals surface area contributed by atoms with Gasteiger partial charge in [0.15, 0.2) is 5.75 Å². The highest BCUT2D eigenvalue weighted by molar-refractivity contribution is 6.17. The molecule has 0 aliphatic rings. The van der Waals surface area contributed by atoms with Gasteiger partial charge >= 0.3 is 18.5 Å². The van der Waals surface area contributed by atoms with E-state index >= 15 is 0 Å². The molecule has 112 valence electrons. The summed E-state index contributed by atoms with van der Waals surface area (Å²) in [5.74, 6) is -4.30. The zero-order valence-electron chi connectivity index (χ0n) is 9.14. The number of carboxylic acid groups (broad SMARTS) is 1. The normalized spacial score (nSPS) is 12.3. The van der Waals surface area contributed by atoms with Gasteiger partial charge in [0.25, 0.3) is 0 Å². The summed E-state index contributed by atoms with van der Waals surface area (Å²) in [6.07, 6.45) is -10.3. The van der Waals surface area contributed by atoms with E-state index in [0.29, 0.717) is 0 Å². The SMILES string of the molecule is O=C(O)c1cc(C(F)(F)F)nc(CCl)c1OC(F)(F)F. The second-order valence-corrected chi connectivity index (χ2v) is 3.58. The average molecular weight is 324 g/mol. The lowest BCUT2D eigenvalue weighted by molar-refractivity contribution is -0.275. The van der Waals surface area contributed by atoms with Crippen LogP contribution in [0, 0.1) is 0 Å². The van der Waals surface area contributed by atoms with Gasteiger partial charge in [-0.05, 0) is 6.07 Å². The molecule has 1 aromatic heterocycles. The lowest BCUT2D eigenvalue weighted by atomic mass is 10.1. The summed E-state index contributed by atoms with van der Waals surface area (Å²) in [6.45, 7) is 0. The molecule has 0 unspecified atom stereocenters. The van der Waals surface area contributed by atoms with Crippen LogP contribution in [0.2, 0.25) is 0 Å². The number of aromatic nitrogens is 1. The van der Waals surface area contributed by atoms with Gasteiger partial charge in [-0.15, -0.1) is 24.8 Å². The van der Waals surface area contributed by atoms with Crippen molar-refractivity contribution >= 4 is 17.6 Å². The number of rotatable bonds is 3. The van der Waals surface area contributed by atoms with Crippen molar-refractivity contribution in [2.45, 2.75) is 18.4 Å². The fourth-order valence-electron chi connectivity index (χ4n) is 1.21. The first-order valence-corrected chi connectivity index (χ1v) is 5.15. The van der Waals surface area contributed by atoms with Crippen molar-refractivity contribution in [3.05, 3.63) is 23.0 Å². The molecule has 11 heteroatoms. The Morgan fingerprint density at radius 1 is 1.30 bits per heavy atom. The van der Waals surface area contributed by atoms with Crippen molar-refractivity contribution in [1.29, 1.82) is 0 Å². The van der Waals surface area contributed by atoms with Gasteiger partial charge in [0.1, 0.15) is 11.3 Å². The Morgan fingerprint density at radius 2 is 1.85 bits per heavy atom. The minimum atomic E-state index is -5.30. The van der Waals surface area contributed by atoms with E-state index in [-0.39, 0.29) is 6.07 Å². The molecule has 0 bridgehead atoms. The Labute approximate surface area is 111 Å². The first-order valence-electron chi connectivity index (χ1n) is 4.62. The molecule has 0 saturated carbocycles. The quantitative estimate of drug-likeness (QED) is 0.684. The van der Waals surface area contributed by atoms with Gasteiger partial charge in [-0.3, -0.25) is 0 Å². The number of hydrogen-bond donors (Lipinski definition) is 1. The number of carbonyl (C=O) groups is 1. The topological polar surface area (TPSA) is 59.4 Å². The van der Waals surface area contributed by atoms with Crippen LogP contribution in [-0.4, -0.2) is 22.4 Å². The van der Waals surface area contributed by atoms with Gasteiger partial charge in [0.2, 0.25) is 0 Å². The molecule has 0 saturated heterocycles. The molecule has 4 nitrogen and oxygen atoms in total. The number of alkyl halides is 7. The number of aromatic carboxylic acids is 1. The summed E-state index contributed by atoms with van der Waals surface area (Å²) < 4.78 is 77.1. The van der Waals surface area contributed by atoms with E-state index in [2.05, 4.69) is 9.72 Å². The van der Waals surface area contributed by atoms with Crippen LogP contribution < -0.4 is 4.74 Å². The lowest BCUT2D eigenvalue weighted by Crippen LogP contribution is -2.22. The standard InChI is InChI=1S/C9H4ClF6NO3/c10-2-4-6(20-9(14,15)16)3(7(18)19)1-5(17-4)8(11,12)13/h1H,2H2,(H,18,19). The highest BCUT2D eigenvalue weighted by Crippen LogP contribution is 2.35. The summed E-state index contributed by atoms with van der Waals surface area (Å²) in [5, 5.41) is 8.69. The fourth-order valence-corrected chi connectivity index (χ4v) is 1.39. The summed E-state index contributed by atoms with van der Waals surface area (Å²) in [6, 6.07) is -0.0561. The van der Waals surface area contributed by atoms with Crippen LogP contribution in [0.3, 0.4) is 0 Å².